The Morgan fingerprint density at radius 3 is 2.88 bits per heavy atom. The topological polar surface area (TPSA) is 35.5 Å². The van der Waals surface area contributed by atoms with Crippen LogP contribution < -0.4 is 4.74 Å². The van der Waals surface area contributed by atoms with Crippen molar-refractivity contribution in [2.75, 3.05) is 13.9 Å². The van der Waals surface area contributed by atoms with Gasteiger partial charge in [-0.15, -0.1) is 11.3 Å². The summed E-state index contributed by atoms with van der Waals surface area (Å²) in [6.07, 6.45) is 0. The number of hydrogen-bond donors (Lipinski definition) is 0. The summed E-state index contributed by atoms with van der Waals surface area (Å²) in [5.41, 5.74) is 0.626. The first-order chi connectivity index (χ1) is 8.31. The van der Waals surface area contributed by atoms with Crippen LogP contribution in [0.2, 0.25) is 0 Å². The predicted octanol–water partition coefficient (Wildman–Crippen LogP) is 2.96. The van der Waals surface area contributed by atoms with Crippen molar-refractivity contribution in [3.05, 3.63) is 52.2 Å². The molecule has 1 heterocycles. The Morgan fingerprint density at radius 2 is 2.18 bits per heavy atom. The van der Waals surface area contributed by atoms with Gasteiger partial charge in [-0.1, -0.05) is 18.2 Å². The second kappa shape index (κ2) is 5.61. The third-order valence-electron chi connectivity index (χ3n) is 2.18. The molecule has 0 fully saturated rings. The van der Waals surface area contributed by atoms with Crippen molar-refractivity contribution >= 4 is 17.1 Å². The molecule has 3 nitrogen and oxygen atoms in total. The van der Waals surface area contributed by atoms with Crippen LogP contribution in [0.1, 0.15) is 15.2 Å². The lowest BCUT2D eigenvalue weighted by Gasteiger charge is -2.05. The first-order valence-electron chi connectivity index (χ1n) is 5.11. The highest BCUT2D eigenvalue weighted by molar-refractivity contribution is 7.12. The quantitative estimate of drug-likeness (QED) is 0.603. The van der Waals surface area contributed by atoms with E-state index in [2.05, 4.69) is 0 Å². The molecule has 88 valence electrons. The van der Waals surface area contributed by atoms with E-state index in [1.165, 1.54) is 11.3 Å². The van der Waals surface area contributed by atoms with Gasteiger partial charge in [-0.3, -0.25) is 4.79 Å². The molecule has 0 atom stereocenters. The number of carbonyl (C=O) groups excluding carboxylic acids is 1. The van der Waals surface area contributed by atoms with Crippen molar-refractivity contribution in [1.82, 2.24) is 0 Å². The molecule has 0 aliphatic carbocycles. The Hall–Kier alpha value is -1.65. The molecule has 0 aliphatic heterocycles. The first-order valence-corrected chi connectivity index (χ1v) is 5.99. The minimum Gasteiger partial charge on any atom is -0.468 e. The Kier molecular flexibility index (Phi) is 3.90. The summed E-state index contributed by atoms with van der Waals surface area (Å²) in [5.74, 6) is 0.650. The minimum atomic E-state index is 0.0165. The van der Waals surface area contributed by atoms with Crippen molar-refractivity contribution in [3.63, 3.8) is 0 Å². The summed E-state index contributed by atoms with van der Waals surface area (Å²) in [7, 11) is 1.56. The minimum absolute atomic E-state index is 0.0165. The maximum atomic E-state index is 12.1. The van der Waals surface area contributed by atoms with Crippen LogP contribution in [-0.2, 0) is 4.74 Å². The van der Waals surface area contributed by atoms with E-state index in [0.717, 1.165) is 4.88 Å². The van der Waals surface area contributed by atoms with Gasteiger partial charge in [-0.25, -0.2) is 0 Å². The molecule has 0 saturated heterocycles. The molecule has 0 aliphatic rings. The molecule has 0 N–H and O–H groups in total. The number of thiophene rings is 1. The summed E-state index contributed by atoms with van der Waals surface area (Å²) < 4.78 is 10.1. The van der Waals surface area contributed by atoms with Crippen LogP contribution in [0, 0.1) is 0 Å². The molecule has 0 saturated carbocycles. The molecule has 1 aromatic carbocycles. The van der Waals surface area contributed by atoms with Crippen molar-refractivity contribution in [3.8, 4) is 5.75 Å². The molecule has 4 heteroatoms. The molecule has 1 aromatic heterocycles. The summed E-state index contributed by atoms with van der Waals surface area (Å²) in [6, 6.07) is 10.8. The third kappa shape index (κ3) is 2.93. The van der Waals surface area contributed by atoms with E-state index in [1.807, 2.05) is 17.5 Å². The zero-order valence-electron chi connectivity index (χ0n) is 9.38. The van der Waals surface area contributed by atoms with Gasteiger partial charge in [0.15, 0.2) is 6.79 Å². The largest absolute Gasteiger partial charge is 0.468 e. The molecule has 17 heavy (non-hydrogen) atoms. The van der Waals surface area contributed by atoms with Crippen molar-refractivity contribution in [2.45, 2.75) is 0 Å². The van der Waals surface area contributed by atoms with Crippen LogP contribution >= 0.6 is 11.3 Å². The summed E-state index contributed by atoms with van der Waals surface area (Å²) in [5, 5.41) is 1.89. The number of methoxy groups -OCH3 is 1. The normalized spacial score (nSPS) is 10.2. The highest BCUT2D eigenvalue weighted by Crippen LogP contribution is 2.19. The van der Waals surface area contributed by atoms with E-state index >= 15 is 0 Å². The van der Waals surface area contributed by atoms with E-state index < -0.39 is 0 Å². The van der Waals surface area contributed by atoms with Gasteiger partial charge >= 0.3 is 0 Å². The van der Waals surface area contributed by atoms with Gasteiger partial charge in [-0.05, 0) is 23.6 Å². The Labute approximate surface area is 104 Å². The van der Waals surface area contributed by atoms with Gasteiger partial charge in [0, 0.05) is 12.7 Å². The van der Waals surface area contributed by atoms with Gasteiger partial charge in [0.1, 0.15) is 5.75 Å². The van der Waals surface area contributed by atoms with Gasteiger partial charge in [0.05, 0.1) is 4.88 Å². The molecule has 2 rings (SSSR count). The average molecular weight is 248 g/mol. The van der Waals surface area contributed by atoms with Gasteiger partial charge in [0.25, 0.3) is 0 Å². The van der Waals surface area contributed by atoms with E-state index in [-0.39, 0.29) is 12.6 Å². The zero-order valence-corrected chi connectivity index (χ0v) is 10.2. The highest BCUT2D eigenvalue weighted by Gasteiger charge is 2.10. The number of rotatable bonds is 5. The number of carbonyl (C=O) groups is 1. The SMILES string of the molecule is COCOc1cccc(C(=O)c2cccs2)c1. The molecule has 0 unspecified atom stereocenters. The predicted molar refractivity (Wildman–Crippen MR) is 66.7 cm³/mol. The molecule has 0 radical (unpaired) electrons. The molecular weight excluding hydrogens is 236 g/mol. The second-order valence-electron chi connectivity index (χ2n) is 3.39. The molecule has 0 bridgehead atoms. The second-order valence-corrected chi connectivity index (χ2v) is 4.33. The maximum absolute atomic E-state index is 12.1. The Balaban J connectivity index is 2.18. The number of ether oxygens (including phenoxy) is 2. The number of ketones is 1. The van der Waals surface area contributed by atoms with Crippen molar-refractivity contribution in [2.24, 2.45) is 0 Å². The number of benzene rings is 1. The standard InChI is InChI=1S/C13H12O3S/c1-15-9-16-11-5-2-4-10(8-11)13(14)12-6-3-7-17-12/h2-8H,9H2,1H3. The fraction of sp³-hybridized carbons (Fsp3) is 0.154. The summed E-state index contributed by atoms with van der Waals surface area (Å²) >= 11 is 1.43. The van der Waals surface area contributed by atoms with E-state index in [4.69, 9.17) is 9.47 Å². The summed E-state index contributed by atoms with van der Waals surface area (Å²) in [4.78, 5) is 12.8. The Morgan fingerprint density at radius 1 is 1.29 bits per heavy atom. The van der Waals surface area contributed by atoms with Gasteiger partial charge in [-0.2, -0.15) is 0 Å². The van der Waals surface area contributed by atoms with Crippen LogP contribution in [-0.4, -0.2) is 19.7 Å². The monoisotopic (exact) mass is 248 g/mol. The van der Waals surface area contributed by atoms with E-state index in [0.29, 0.717) is 11.3 Å². The van der Waals surface area contributed by atoms with Crippen LogP contribution in [0.3, 0.4) is 0 Å². The van der Waals surface area contributed by atoms with Crippen molar-refractivity contribution < 1.29 is 14.3 Å². The molecule has 0 spiro atoms. The smallest absolute Gasteiger partial charge is 0.203 e. The van der Waals surface area contributed by atoms with E-state index in [1.54, 1.807) is 31.4 Å². The fourth-order valence-electron chi connectivity index (χ4n) is 1.40. The van der Waals surface area contributed by atoms with Crippen LogP contribution in [0.25, 0.3) is 0 Å². The first kappa shape index (κ1) is 11.8. The van der Waals surface area contributed by atoms with E-state index in [9.17, 15) is 4.79 Å². The van der Waals surface area contributed by atoms with Gasteiger partial charge < -0.3 is 9.47 Å². The summed E-state index contributed by atoms with van der Waals surface area (Å²) in [6.45, 7) is 0.177. The zero-order chi connectivity index (χ0) is 12.1. The molecule has 0 amide bonds. The average Bonchev–Trinajstić information content (AvgIpc) is 2.89. The molecule has 2 aromatic rings. The third-order valence-corrected chi connectivity index (χ3v) is 3.05. The van der Waals surface area contributed by atoms with Crippen LogP contribution in [0.5, 0.6) is 5.75 Å². The Bertz CT molecular complexity index is 491. The van der Waals surface area contributed by atoms with Crippen LogP contribution in [0.15, 0.2) is 41.8 Å². The lowest BCUT2D eigenvalue weighted by atomic mass is 10.1. The van der Waals surface area contributed by atoms with Crippen LogP contribution in [0.4, 0.5) is 0 Å². The van der Waals surface area contributed by atoms with Crippen molar-refractivity contribution in [1.29, 1.82) is 0 Å². The lowest BCUT2D eigenvalue weighted by molar-refractivity contribution is 0.0510. The molecular formula is C13H12O3S. The maximum Gasteiger partial charge on any atom is 0.203 e. The number of hydrogen-bond acceptors (Lipinski definition) is 4. The fourth-order valence-corrected chi connectivity index (χ4v) is 2.09. The van der Waals surface area contributed by atoms with Gasteiger partial charge in [0.2, 0.25) is 5.78 Å². The highest BCUT2D eigenvalue weighted by atomic mass is 32.1. The lowest BCUT2D eigenvalue weighted by Crippen LogP contribution is -2.02.